The number of anilines is 1. The van der Waals surface area contributed by atoms with E-state index in [-0.39, 0.29) is 23.7 Å². The van der Waals surface area contributed by atoms with Gasteiger partial charge in [0.2, 0.25) is 0 Å². The Labute approximate surface area is 173 Å². The van der Waals surface area contributed by atoms with Crippen LogP contribution < -0.4 is 5.32 Å². The molecule has 0 bridgehead atoms. The molecule has 4 rings (SSSR count). The zero-order valence-corrected chi connectivity index (χ0v) is 16.2. The number of carbonyl (C=O) groups is 2. The van der Waals surface area contributed by atoms with Crippen LogP contribution in [0.25, 0.3) is 11.1 Å². The molecule has 0 spiro atoms. The predicted octanol–water partition coefficient (Wildman–Crippen LogP) is 4.71. The Hall–Kier alpha value is -4.11. The second-order valence-electron chi connectivity index (χ2n) is 6.81. The van der Waals surface area contributed by atoms with E-state index in [4.69, 9.17) is 4.74 Å². The Morgan fingerprint density at radius 2 is 1.63 bits per heavy atom. The van der Waals surface area contributed by atoms with Gasteiger partial charge >= 0.3 is 12.1 Å². The molecule has 3 aromatic carbocycles. The largest absolute Gasteiger partial charge is 0.465 e. The van der Waals surface area contributed by atoms with Crippen molar-refractivity contribution in [1.82, 2.24) is 0 Å². The van der Waals surface area contributed by atoms with Gasteiger partial charge in [-0.15, -0.1) is 0 Å². The van der Waals surface area contributed by atoms with Crippen molar-refractivity contribution in [3.8, 4) is 17.2 Å². The topological polar surface area (TPSA) is 88.4 Å². The van der Waals surface area contributed by atoms with Crippen LogP contribution in [-0.4, -0.2) is 25.8 Å². The molecule has 6 nitrogen and oxygen atoms in total. The summed E-state index contributed by atoms with van der Waals surface area (Å²) in [5, 5.41) is 11.9. The number of nitrogens with one attached hydrogen (secondary N) is 1. The molecule has 3 aromatic rings. The lowest BCUT2D eigenvalue weighted by atomic mass is 9.98. The number of benzene rings is 3. The minimum Gasteiger partial charge on any atom is -0.465 e. The molecule has 0 saturated heterocycles. The Bertz CT molecular complexity index is 1130. The minimum absolute atomic E-state index is 0.0421. The van der Waals surface area contributed by atoms with E-state index in [9.17, 15) is 14.9 Å². The summed E-state index contributed by atoms with van der Waals surface area (Å²) in [6.07, 6.45) is -0.633. The van der Waals surface area contributed by atoms with E-state index < -0.39 is 12.1 Å². The predicted molar refractivity (Wildman–Crippen MR) is 111 cm³/mol. The molecule has 148 valence electrons. The molecule has 0 unspecified atom stereocenters. The SMILES string of the molecule is COC(=O)c1ccc(NC(=O)OCC2c3ccccc3-c3ccccc32)cc1C#N. The van der Waals surface area contributed by atoms with E-state index in [1.54, 1.807) is 0 Å². The first-order valence-electron chi connectivity index (χ1n) is 9.37. The summed E-state index contributed by atoms with van der Waals surface area (Å²) in [5.41, 5.74) is 5.16. The number of hydrogen-bond donors (Lipinski definition) is 1. The highest BCUT2D eigenvalue weighted by molar-refractivity contribution is 5.94. The molecule has 1 N–H and O–H groups in total. The first kappa shape index (κ1) is 19.2. The van der Waals surface area contributed by atoms with Crippen LogP contribution in [0.1, 0.15) is 33.0 Å². The maximum atomic E-state index is 12.4. The van der Waals surface area contributed by atoms with Gasteiger partial charge in [0.05, 0.1) is 18.2 Å². The molecule has 0 fully saturated rings. The van der Waals surface area contributed by atoms with Crippen molar-refractivity contribution >= 4 is 17.7 Å². The summed E-state index contributed by atoms with van der Waals surface area (Å²) in [5.74, 6) is -0.654. The standard InChI is InChI=1S/C24H18N2O4/c1-29-23(27)17-11-10-16(12-15(17)13-25)26-24(28)30-14-22-20-8-4-2-6-18(20)19-7-3-5-9-21(19)22/h2-12,22H,14H2,1H3,(H,26,28). The van der Waals surface area contributed by atoms with Gasteiger partial charge in [-0.05, 0) is 40.5 Å². The average Bonchev–Trinajstić information content (AvgIpc) is 3.11. The second-order valence-corrected chi connectivity index (χ2v) is 6.81. The minimum atomic E-state index is -0.633. The second kappa shape index (κ2) is 8.10. The smallest absolute Gasteiger partial charge is 0.411 e. The Kier molecular flexibility index (Phi) is 5.19. The van der Waals surface area contributed by atoms with Crippen molar-refractivity contribution in [3.05, 3.63) is 89.0 Å². The zero-order valence-electron chi connectivity index (χ0n) is 16.2. The first-order chi connectivity index (χ1) is 14.6. The van der Waals surface area contributed by atoms with Crippen molar-refractivity contribution in [2.45, 2.75) is 5.92 Å². The van der Waals surface area contributed by atoms with E-state index in [1.165, 1.54) is 25.3 Å². The highest BCUT2D eigenvalue weighted by atomic mass is 16.5. The van der Waals surface area contributed by atoms with Crippen LogP contribution in [0, 0.1) is 11.3 Å². The van der Waals surface area contributed by atoms with Crippen molar-refractivity contribution in [3.63, 3.8) is 0 Å². The van der Waals surface area contributed by atoms with Gasteiger partial charge in [-0.25, -0.2) is 9.59 Å². The lowest BCUT2D eigenvalue weighted by Crippen LogP contribution is -2.18. The number of methoxy groups -OCH3 is 1. The summed E-state index contributed by atoms with van der Waals surface area (Å²) in [6, 6.07) is 22.5. The molecule has 1 aliphatic carbocycles. The third kappa shape index (κ3) is 3.49. The van der Waals surface area contributed by atoms with Crippen LogP contribution in [0.2, 0.25) is 0 Å². The number of nitrogens with zero attached hydrogens (tertiary/aromatic N) is 1. The number of ether oxygens (including phenoxy) is 2. The third-order valence-corrected chi connectivity index (χ3v) is 5.14. The van der Waals surface area contributed by atoms with E-state index >= 15 is 0 Å². The Morgan fingerprint density at radius 1 is 1.00 bits per heavy atom. The molecule has 0 atom stereocenters. The van der Waals surface area contributed by atoms with Gasteiger partial charge in [-0.2, -0.15) is 5.26 Å². The van der Waals surface area contributed by atoms with E-state index in [2.05, 4.69) is 22.2 Å². The molecule has 30 heavy (non-hydrogen) atoms. The fourth-order valence-electron chi connectivity index (χ4n) is 3.75. The molecular formula is C24H18N2O4. The maximum Gasteiger partial charge on any atom is 0.411 e. The van der Waals surface area contributed by atoms with Gasteiger partial charge < -0.3 is 9.47 Å². The van der Waals surface area contributed by atoms with Crippen LogP contribution in [0.5, 0.6) is 0 Å². The molecule has 0 aliphatic heterocycles. The summed E-state index contributed by atoms with van der Waals surface area (Å²) in [6.45, 7) is 0.186. The zero-order chi connectivity index (χ0) is 21.1. The van der Waals surface area contributed by atoms with Crippen molar-refractivity contribution < 1.29 is 19.1 Å². The number of fused-ring (bicyclic) bond motifs is 3. The number of esters is 1. The van der Waals surface area contributed by atoms with Crippen molar-refractivity contribution in [1.29, 1.82) is 5.26 Å². The van der Waals surface area contributed by atoms with Gasteiger partial charge in [0, 0.05) is 11.6 Å². The van der Waals surface area contributed by atoms with Crippen LogP contribution in [-0.2, 0) is 9.47 Å². The molecule has 6 heteroatoms. The maximum absolute atomic E-state index is 12.4. The molecule has 0 radical (unpaired) electrons. The Balaban J connectivity index is 1.47. The fourth-order valence-corrected chi connectivity index (χ4v) is 3.75. The lowest BCUT2D eigenvalue weighted by Gasteiger charge is -2.15. The number of nitriles is 1. The average molecular weight is 398 g/mol. The summed E-state index contributed by atoms with van der Waals surface area (Å²) >= 11 is 0. The quantitative estimate of drug-likeness (QED) is 0.643. The lowest BCUT2D eigenvalue weighted by molar-refractivity contribution is 0.0600. The normalized spacial score (nSPS) is 11.7. The number of rotatable bonds is 4. The molecule has 0 heterocycles. The molecular weight excluding hydrogens is 380 g/mol. The van der Waals surface area contributed by atoms with Gasteiger partial charge in [-0.3, -0.25) is 5.32 Å². The van der Waals surface area contributed by atoms with Crippen LogP contribution in [0.4, 0.5) is 10.5 Å². The molecule has 0 aromatic heterocycles. The monoisotopic (exact) mass is 398 g/mol. The number of hydrogen-bond acceptors (Lipinski definition) is 5. The van der Waals surface area contributed by atoms with Crippen LogP contribution in [0.3, 0.4) is 0 Å². The molecule has 1 amide bonds. The van der Waals surface area contributed by atoms with E-state index in [0.717, 1.165) is 22.3 Å². The summed E-state index contributed by atoms with van der Waals surface area (Å²) in [4.78, 5) is 24.1. The summed E-state index contributed by atoms with van der Waals surface area (Å²) in [7, 11) is 1.24. The van der Waals surface area contributed by atoms with Gasteiger partial charge in [-0.1, -0.05) is 48.5 Å². The van der Waals surface area contributed by atoms with Gasteiger partial charge in [0.25, 0.3) is 0 Å². The molecule has 1 aliphatic rings. The Morgan fingerprint density at radius 3 is 2.23 bits per heavy atom. The van der Waals surface area contributed by atoms with Crippen LogP contribution in [0.15, 0.2) is 66.7 Å². The number of carbonyl (C=O) groups excluding carboxylic acids is 2. The highest BCUT2D eigenvalue weighted by Gasteiger charge is 2.29. The van der Waals surface area contributed by atoms with Crippen molar-refractivity contribution in [2.75, 3.05) is 19.0 Å². The van der Waals surface area contributed by atoms with Gasteiger partial charge in [0.15, 0.2) is 0 Å². The third-order valence-electron chi connectivity index (χ3n) is 5.14. The summed E-state index contributed by atoms with van der Waals surface area (Å²) < 4.78 is 10.1. The first-order valence-corrected chi connectivity index (χ1v) is 9.37. The van der Waals surface area contributed by atoms with Crippen molar-refractivity contribution in [2.24, 2.45) is 0 Å². The highest BCUT2D eigenvalue weighted by Crippen LogP contribution is 2.44. The fraction of sp³-hybridized carbons (Fsp3) is 0.125. The number of amides is 1. The van der Waals surface area contributed by atoms with E-state index in [1.807, 2.05) is 42.5 Å². The van der Waals surface area contributed by atoms with E-state index in [0.29, 0.717) is 5.69 Å². The van der Waals surface area contributed by atoms with Gasteiger partial charge in [0.1, 0.15) is 12.7 Å². The molecule has 0 saturated carbocycles. The van der Waals surface area contributed by atoms with Crippen LogP contribution >= 0.6 is 0 Å².